The van der Waals surface area contributed by atoms with E-state index in [4.69, 9.17) is 5.11 Å². The van der Waals surface area contributed by atoms with Gasteiger partial charge in [0, 0.05) is 24.9 Å². The van der Waals surface area contributed by atoms with Crippen molar-refractivity contribution >= 4 is 5.97 Å². The lowest BCUT2D eigenvalue weighted by Gasteiger charge is -2.13. The van der Waals surface area contributed by atoms with Crippen molar-refractivity contribution in [3.8, 4) is 0 Å². The maximum atomic E-state index is 10.3. The number of carboxylic acids is 1. The van der Waals surface area contributed by atoms with Crippen molar-refractivity contribution in [2.75, 3.05) is 6.54 Å². The van der Waals surface area contributed by atoms with E-state index >= 15 is 0 Å². The Labute approximate surface area is 95.7 Å². The van der Waals surface area contributed by atoms with E-state index in [1.54, 1.807) is 6.20 Å². The molecule has 0 saturated carbocycles. The molecule has 0 spiro atoms. The molecule has 1 aromatic heterocycles. The quantitative estimate of drug-likeness (QED) is 0.692. The zero-order chi connectivity index (χ0) is 11.8. The molecule has 0 fully saturated rings. The van der Waals surface area contributed by atoms with Crippen LogP contribution in [0.15, 0.2) is 24.5 Å². The molecular formula is C12H18N2O2. The Balaban J connectivity index is 2.16. The summed E-state index contributed by atoms with van der Waals surface area (Å²) >= 11 is 0. The molecule has 0 unspecified atom stereocenters. The Kier molecular flexibility index (Phi) is 5.50. The largest absolute Gasteiger partial charge is 0.481 e. The number of carbonyl (C=O) groups is 1. The predicted molar refractivity (Wildman–Crippen MR) is 62.1 cm³/mol. The van der Waals surface area contributed by atoms with Gasteiger partial charge in [0.15, 0.2) is 0 Å². The van der Waals surface area contributed by atoms with Gasteiger partial charge >= 0.3 is 5.97 Å². The second-order valence-corrected chi connectivity index (χ2v) is 3.81. The molecule has 0 aliphatic rings. The van der Waals surface area contributed by atoms with Crippen LogP contribution < -0.4 is 5.32 Å². The number of nitrogens with one attached hydrogen (secondary N) is 1. The fourth-order valence-electron chi connectivity index (χ4n) is 1.47. The average Bonchev–Trinajstić information content (AvgIpc) is 2.29. The fraction of sp³-hybridized carbons (Fsp3) is 0.500. The molecule has 1 heterocycles. The summed E-state index contributed by atoms with van der Waals surface area (Å²) in [6, 6.07) is 4.21. The minimum atomic E-state index is -0.722. The van der Waals surface area contributed by atoms with Crippen LogP contribution in [0.1, 0.15) is 37.8 Å². The molecule has 0 bridgehead atoms. The normalized spacial score (nSPS) is 12.3. The first-order valence-corrected chi connectivity index (χ1v) is 5.55. The van der Waals surface area contributed by atoms with Gasteiger partial charge in [-0.25, -0.2) is 0 Å². The summed E-state index contributed by atoms with van der Waals surface area (Å²) in [5, 5.41) is 11.8. The second-order valence-electron chi connectivity index (χ2n) is 3.81. The van der Waals surface area contributed by atoms with E-state index in [0.29, 0.717) is 0 Å². The molecule has 4 nitrogen and oxygen atoms in total. The van der Waals surface area contributed by atoms with E-state index in [1.165, 1.54) is 0 Å². The van der Waals surface area contributed by atoms with Crippen molar-refractivity contribution in [3.05, 3.63) is 30.1 Å². The van der Waals surface area contributed by atoms with Gasteiger partial charge in [0.05, 0.1) is 0 Å². The molecular weight excluding hydrogens is 204 g/mol. The van der Waals surface area contributed by atoms with Gasteiger partial charge in [-0.2, -0.15) is 0 Å². The van der Waals surface area contributed by atoms with Crippen LogP contribution in [0, 0.1) is 0 Å². The molecule has 1 atom stereocenters. The Morgan fingerprint density at radius 1 is 1.56 bits per heavy atom. The third-order valence-electron chi connectivity index (χ3n) is 2.45. The second kappa shape index (κ2) is 6.95. The van der Waals surface area contributed by atoms with E-state index in [0.717, 1.165) is 24.9 Å². The van der Waals surface area contributed by atoms with Gasteiger partial charge in [-0.1, -0.05) is 6.07 Å². The van der Waals surface area contributed by atoms with Crippen LogP contribution in [0.25, 0.3) is 0 Å². The highest BCUT2D eigenvalue weighted by atomic mass is 16.4. The van der Waals surface area contributed by atoms with Crippen molar-refractivity contribution in [2.45, 2.75) is 32.2 Å². The third-order valence-corrected chi connectivity index (χ3v) is 2.45. The van der Waals surface area contributed by atoms with E-state index in [9.17, 15) is 4.79 Å². The molecule has 0 amide bonds. The first-order chi connectivity index (χ1) is 7.70. The van der Waals surface area contributed by atoms with Crippen molar-refractivity contribution in [1.82, 2.24) is 10.3 Å². The van der Waals surface area contributed by atoms with E-state index < -0.39 is 5.97 Å². The zero-order valence-corrected chi connectivity index (χ0v) is 9.52. The van der Waals surface area contributed by atoms with Gasteiger partial charge in [0.25, 0.3) is 0 Å². The minimum absolute atomic E-state index is 0.253. The van der Waals surface area contributed by atoms with Crippen LogP contribution >= 0.6 is 0 Å². The number of unbranched alkanes of at least 4 members (excludes halogenated alkanes) is 1. The summed E-state index contributed by atoms with van der Waals surface area (Å²) in [4.78, 5) is 14.3. The van der Waals surface area contributed by atoms with Gasteiger partial charge in [-0.3, -0.25) is 9.78 Å². The molecule has 1 aromatic rings. The number of carboxylic acid groups (broad SMARTS) is 1. The summed E-state index contributed by atoms with van der Waals surface area (Å²) in [7, 11) is 0. The fourth-order valence-corrected chi connectivity index (χ4v) is 1.47. The highest BCUT2D eigenvalue weighted by Gasteiger charge is 2.03. The van der Waals surface area contributed by atoms with Crippen LogP contribution in [0.4, 0.5) is 0 Å². The number of hydrogen-bond acceptors (Lipinski definition) is 3. The van der Waals surface area contributed by atoms with Crippen molar-refractivity contribution < 1.29 is 9.90 Å². The first-order valence-electron chi connectivity index (χ1n) is 5.55. The molecule has 0 aliphatic heterocycles. The summed E-state index contributed by atoms with van der Waals surface area (Å²) in [5.41, 5.74) is 1.15. The topological polar surface area (TPSA) is 62.2 Å². The Bertz CT molecular complexity index is 314. The minimum Gasteiger partial charge on any atom is -0.481 e. The van der Waals surface area contributed by atoms with E-state index in [-0.39, 0.29) is 12.5 Å². The molecule has 16 heavy (non-hydrogen) atoms. The van der Waals surface area contributed by atoms with Crippen LogP contribution in [-0.2, 0) is 4.79 Å². The van der Waals surface area contributed by atoms with Gasteiger partial charge in [0.1, 0.15) is 0 Å². The lowest BCUT2D eigenvalue weighted by Crippen LogP contribution is -2.20. The first kappa shape index (κ1) is 12.6. The number of nitrogens with zero attached hydrogens (tertiary/aromatic N) is 1. The number of pyridine rings is 1. The maximum absolute atomic E-state index is 10.3. The van der Waals surface area contributed by atoms with Crippen molar-refractivity contribution in [1.29, 1.82) is 0 Å². The third kappa shape index (κ3) is 4.89. The number of hydrogen-bond donors (Lipinski definition) is 2. The summed E-state index contributed by atoms with van der Waals surface area (Å²) in [6.45, 7) is 2.91. The Morgan fingerprint density at radius 3 is 3.00 bits per heavy atom. The number of rotatable bonds is 7. The average molecular weight is 222 g/mol. The molecule has 4 heteroatoms. The van der Waals surface area contributed by atoms with Gasteiger partial charge in [-0.15, -0.1) is 0 Å². The molecule has 0 radical (unpaired) electrons. The highest BCUT2D eigenvalue weighted by Crippen LogP contribution is 2.09. The van der Waals surface area contributed by atoms with Crippen LogP contribution in [0.5, 0.6) is 0 Å². The molecule has 0 aromatic carbocycles. The van der Waals surface area contributed by atoms with Gasteiger partial charge in [-0.05, 0) is 37.9 Å². The van der Waals surface area contributed by atoms with E-state index in [1.807, 2.05) is 18.3 Å². The van der Waals surface area contributed by atoms with Crippen LogP contribution in [0.3, 0.4) is 0 Å². The summed E-state index contributed by atoms with van der Waals surface area (Å²) in [6.07, 6.45) is 5.46. The molecule has 88 valence electrons. The SMILES string of the molecule is C[C@H](NCCCCC(=O)O)c1cccnc1. The molecule has 0 aliphatic carbocycles. The summed E-state index contributed by atoms with van der Waals surface area (Å²) < 4.78 is 0. The standard InChI is InChI=1S/C12H18N2O2/c1-10(11-5-4-7-13-9-11)14-8-3-2-6-12(15)16/h4-5,7,9-10,14H,2-3,6,8H2,1H3,(H,15,16)/t10-/m0/s1. The molecule has 2 N–H and O–H groups in total. The maximum Gasteiger partial charge on any atom is 0.303 e. The van der Waals surface area contributed by atoms with Crippen LogP contribution in [-0.4, -0.2) is 22.6 Å². The summed E-state index contributed by atoms with van der Waals surface area (Å²) in [5.74, 6) is -0.722. The number of aliphatic carboxylic acids is 1. The van der Waals surface area contributed by atoms with Gasteiger partial charge < -0.3 is 10.4 Å². The Morgan fingerprint density at radius 2 is 2.38 bits per heavy atom. The van der Waals surface area contributed by atoms with Crippen molar-refractivity contribution in [2.24, 2.45) is 0 Å². The van der Waals surface area contributed by atoms with E-state index in [2.05, 4.69) is 17.2 Å². The highest BCUT2D eigenvalue weighted by molar-refractivity contribution is 5.66. The number of aromatic nitrogens is 1. The monoisotopic (exact) mass is 222 g/mol. The van der Waals surface area contributed by atoms with Crippen LogP contribution in [0.2, 0.25) is 0 Å². The lowest BCUT2D eigenvalue weighted by atomic mass is 10.1. The van der Waals surface area contributed by atoms with Gasteiger partial charge in [0.2, 0.25) is 0 Å². The smallest absolute Gasteiger partial charge is 0.303 e. The zero-order valence-electron chi connectivity index (χ0n) is 9.52. The lowest BCUT2D eigenvalue weighted by molar-refractivity contribution is -0.137. The predicted octanol–water partition coefficient (Wildman–Crippen LogP) is 1.99. The molecule has 1 rings (SSSR count). The Hall–Kier alpha value is -1.42. The molecule has 0 saturated heterocycles. The van der Waals surface area contributed by atoms with Crippen molar-refractivity contribution in [3.63, 3.8) is 0 Å².